The fraction of sp³-hybridized carbons (Fsp3) is 0.542. The molecule has 0 aromatic heterocycles. The van der Waals surface area contributed by atoms with Crippen molar-refractivity contribution in [2.45, 2.75) is 134 Å². The van der Waals surface area contributed by atoms with Crippen molar-refractivity contribution in [3.8, 4) is 0 Å². The number of benzene rings is 2. The minimum absolute atomic E-state index is 0.0465. The third-order valence-corrected chi connectivity index (χ3v) is 11.5. The molecule has 2 unspecified atom stereocenters. The van der Waals surface area contributed by atoms with Crippen molar-refractivity contribution in [3.63, 3.8) is 0 Å². The van der Waals surface area contributed by atoms with Gasteiger partial charge in [-0.05, 0) is 102 Å². The van der Waals surface area contributed by atoms with E-state index >= 15 is 0 Å². The molecule has 2 fully saturated rings. The lowest BCUT2D eigenvalue weighted by atomic mass is 9.85. The van der Waals surface area contributed by atoms with E-state index in [0.717, 1.165) is 37.1 Å². The van der Waals surface area contributed by atoms with Crippen LogP contribution in [-0.4, -0.2) is 110 Å². The molecule has 2 aromatic carbocycles. The fourth-order valence-electron chi connectivity index (χ4n) is 7.66. The van der Waals surface area contributed by atoms with Crippen molar-refractivity contribution < 1.29 is 33.6 Å². The maximum absolute atomic E-state index is 14.1. The number of primary amides is 2. The summed E-state index contributed by atoms with van der Waals surface area (Å²) in [6, 6.07) is 11.7. The third-order valence-electron chi connectivity index (χ3n) is 11.5. The summed E-state index contributed by atoms with van der Waals surface area (Å²) in [5.41, 5.74) is 28.4. The fourth-order valence-corrected chi connectivity index (χ4v) is 7.66. The number of anilines is 2. The van der Waals surface area contributed by atoms with Gasteiger partial charge >= 0.3 is 0 Å². The number of hydrogen-bond donors (Lipinski definition) is 11. The number of aliphatic imine (C=N–C) groups is 1. The zero-order valence-corrected chi connectivity index (χ0v) is 40.6. The Kier molecular flexibility index (Phi) is 24.6. The molecule has 16 N–H and O–H groups in total. The van der Waals surface area contributed by atoms with Crippen LogP contribution in [0.4, 0.5) is 11.4 Å². The van der Waals surface area contributed by atoms with Gasteiger partial charge in [0.2, 0.25) is 41.9 Å². The van der Waals surface area contributed by atoms with Crippen molar-refractivity contribution in [2.75, 3.05) is 43.4 Å². The highest BCUT2D eigenvalue weighted by atomic mass is 16.2. The number of aryl methyl sites for hydroxylation is 1. The predicted octanol–water partition coefficient (Wildman–Crippen LogP) is 1.10. The Hall–Kier alpha value is -6.70. The number of nitrogens with two attached hydrogens (primary N) is 5. The smallest absolute Gasteiger partial charge is 0.246 e. The predicted molar refractivity (Wildman–Crippen MR) is 267 cm³/mol. The van der Waals surface area contributed by atoms with Crippen LogP contribution in [0.15, 0.2) is 60.1 Å². The Balaban J connectivity index is 0.000000982. The summed E-state index contributed by atoms with van der Waals surface area (Å²) in [6.45, 7) is 15.6. The number of para-hydroxylation sites is 2. The van der Waals surface area contributed by atoms with E-state index in [9.17, 15) is 33.6 Å². The number of amides is 7. The van der Waals surface area contributed by atoms with Crippen LogP contribution in [0.2, 0.25) is 0 Å². The largest absolute Gasteiger partial charge is 0.398 e. The Morgan fingerprint density at radius 3 is 2.15 bits per heavy atom. The van der Waals surface area contributed by atoms with Gasteiger partial charge in [0.15, 0.2) is 5.96 Å². The average molecular weight is 948 g/mol. The zero-order valence-electron chi connectivity index (χ0n) is 40.6. The summed E-state index contributed by atoms with van der Waals surface area (Å²) in [5, 5.41) is 17.0. The molecule has 20 nitrogen and oxygen atoms in total. The molecule has 0 spiro atoms. The third kappa shape index (κ3) is 20.0. The van der Waals surface area contributed by atoms with Crippen LogP contribution in [0.3, 0.4) is 0 Å². The molecular weight excluding hydrogens is 871 g/mol. The summed E-state index contributed by atoms with van der Waals surface area (Å²) in [4.78, 5) is 94.9. The standard InChI is InChI=1S/C39H55N9O6.C5H11NO.C4H11N3/c1-25-11-5-8-15-32(25)48-19-16-39(17-20-48,44-24-49)37(54)47-31-22-38(3,4)43-18-10-9-14-29(34(41)51)46-36(53)30(45-33(50)23-42-35(31)52)21-26(2)27-12-6-7-13-28(27)40;1-2-3-4-5(6)7;1-2-3-7-4(5)6/h5-8,11-13,15,24,29-31,43H,2,9-10,14,16-23,40H2,1,3-4H3,(H2,41,51)(H,42,52)(H,44,49)(H,45,50)(H,46,53)(H,47,54);2-4H2,1H3,(H2,6,7);2-3H2,1H3,(H4,5,6,7)/t29?,30?,31-;;/m1../s1. The van der Waals surface area contributed by atoms with Gasteiger partial charge in [-0.3, -0.25) is 38.6 Å². The Morgan fingerprint density at radius 2 is 1.59 bits per heavy atom. The van der Waals surface area contributed by atoms with Gasteiger partial charge in [0.25, 0.3) is 0 Å². The first-order valence-corrected chi connectivity index (χ1v) is 23.3. The van der Waals surface area contributed by atoms with Crippen LogP contribution in [-0.2, 0) is 33.6 Å². The van der Waals surface area contributed by atoms with E-state index in [4.69, 9.17) is 28.7 Å². The van der Waals surface area contributed by atoms with Crippen LogP contribution in [0.1, 0.15) is 109 Å². The van der Waals surface area contributed by atoms with Crippen LogP contribution in [0, 0.1) is 6.92 Å². The van der Waals surface area contributed by atoms with Crippen molar-refractivity contribution >= 4 is 64.8 Å². The molecule has 3 atom stereocenters. The molecule has 2 saturated heterocycles. The molecule has 0 saturated carbocycles. The van der Waals surface area contributed by atoms with Crippen LogP contribution >= 0.6 is 0 Å². The topological polar surface area (TPSA) is 337 Å². The Labute approximate surface area is 401 Å². The first-order chi connectivity index (χ1) is 32.2. The van der Waals surface area contributed by atoms with Crippen LogP contribution < -0.4 is 65.5 Å². The molecule has 2 heterocycles. The molecule has 0 bridgehead atoms. The molecule has 2 aliphatic heterocycles. The number of carbonyl (C=O) groups excluding carboxylic acids is 7. The van der Waals surface area contributed by atoms with Gasteiger partial charge in [-0.2, -0.15) is 0 Å². The van der Waals surface area contributed by atoms with Gasteiger partial charge in [0.1, 0.15) is 23.7 Å². The van der Waals surface area contributed by atoms with Gasteiger partial charge in [-0.15, -0.1) is 0 Å². The molecule has 376 valence electrons. The first kappa shape index (κ1) is 57.4. The minimum Gasteiger partial charge on any atom is -0.398 e. The SMILES string of the molecule is C=C(CC1NC(=O)CNC(=O)[C@H](NC(=O)C2(NC=O)CCN(c3ccccc3C)CC2)CC(C)(C)NCCCCC(C(N)=O)NC1=O)c1ccccc1N.CCCCC(N)=O.CCCN=C(N)N. The zero-order chi connectivity index (χ0) is 50.9. The number of nitrogen functional groups attached to an aromatic ring is 1. The molecule has 2 aromatic rings. The van der Waals surface area contributed by atoms with E-state index in [-0.39, 0.29) is 31.1 Å². The second-order valence-electron chi connectivity index (χ2n) is 17.7. The van der Waals surface area contributed by atoms with E-state index in [2.05, 4.69) is 48.4 Å². The van der Waals surface area contributed by atoms with Crippen molar-refractivity contribution in [1.82, 2.24) is 31.9 Å². The lowest BCUT2D eigenvalue weighted by molar-refractivity contribution is -0.135. The number of rotatable bonds is 14. The second-order valence-corrected chi connectivity index (χ2v) is 17.7. The number of nitrogens with one attached hydrogen (secondary N) is 6. The number of guanidine groups is 1. The van der Waals surface area contributed by atoms with Gasteiger partial charge in [0.05, 0.1) is 6.54 Å². The van der Waals surface area contributed by atoms with Crippen molar-refractivity contribution in [3.05, 3.63) is 66.2 Å². The number of piperidine rings is 1. The second kappa shape index (κ2) is 29.1. The molecular formula is C48H77N13O7. The Bertz CT molecular complexity index is 2030. The minimum atomic E-state index is -1.26. The highest BCUT2D eigenvalue weighted by Crippen LogP contribution is 2.29. The Morgan fingerprint density at radius 1 is 0.926 bits per heavy atom. The van der Waals surface area contributed by atoms with E-state index in [1.54, 1.807) is 24.3 Å². The molecule has 68 heavy (non-hydrogen) atoms. The number of carbonyl (C=O) groups is 7. The van der Waals surface area contributed by atoms with E-state index in [1.807, 2.05) is 58.9 Å². The molecule has 0 aliphatic carbocycles. The summed E-state index contributed by atoms with van der Waals surface area (Å²) in [7, 11) is 0. The van der Waals surface area contributed by atoms with Crippen molar-refractivity contribution in [2.24, 2.45) is 27.9 Å². The molecule has 7 amide bonds. The van der Waals surface area contributed by atoms with Crippen LogP contribution in [0.5, 0.6) is 0 Å². The lowest BCUT2D eigenvalue weighted by Crippen LogP contribution is -2.65. The highest BCUT2D eigenvalue weighted by molar-refractivity contribution is 5.96. The maximum atomic E-state index is 14.1. The number of unbranched alkanes of at least 4 members (excludes halogenated alkanes) is 1. The number of nitrogens with zero attached hydrogens (tertiary/aromatic N) is 2. The van der Waals surface area contributed by atoms with Crippen LogP contribution in [0.25, 0.3) is 5.57 Å². The van der Waals surface area contributed by atoms with E-state index in [0.29, 0.717) is 75.0 Å². The van der Waals surface area contributed by atoms with E-state index in [1.165, 1.54) is 0 Å². The van der Waals surface area contributed by atoms with Gasteiger partial charge in [0, 0.05) is 55.0 Å². The molecule has 20 heteroatoms. The maximum Gasteiger partial charge on any atom is 0.246 e. The number of hydrogen-bond acceptors (Lipinski definition) is 11. The molecule has 2 aliphatic rings. The summed E-state index contributed by atoms with van der Waals surface area (Å²) in [5.74, 6) is -3.18. The monoisotopic (exact) mass is 948 g/mol. The van der Waals surface area contributed by atoms with E-state index < -0.39 is 65.3 Å². The molecule has 4 rings (SSSR count). The quantitative estimate of drug-likeness (QED) is 0.0549. The summed E-state index contributed by atoms with van der Waals surface area (Å²) >= 11 is 0. The lowest BCUT2D eigenvalue weighted by Gasteiger charge is -2.42. The van der Waals surface area contributed by atoms with Gasteiger partial charge in [-0.25, -0.2) is 0 Å². The summed E-state index contributed by atoms with van der Waals surface area (Å²) in [6.07, 6.45) is 6.13. The normalized spacial score (nSPS) is 19.8. The van der Waals surface area contributed by atoms with Gasteiger partial charge in [-0.1, -0.05) is 63.2 Å². The average Bonchev–Trinajstić information content (AvgIpc) is 3.29. The highest BCUT2D eigenvalue weighted by Gasteiger charge is 2.43. The van der Waals surface area contributed by atoms with Gasteiger partial charge < -0.3 is 65.5 Å². The first-order valence-electron chi connectivity index (χ1n) is 23.3. The molecule has 0 radical (unpaired) electrons. The van der Waals surface area contributed by atoms with Crippen molar-refractivity contribution in [1.29, 1.82) is 0 Å². The summed E-state index contributed by atoms with van der Waals surface area (Å²) < 4.78 is 0.